The van der Waals surface area contributed by atoms with Crippen molar-refractivity contribution >= 4 is 87.8 Å². The molecular formula is C73H99N15O18. The number of nitrogens with one attached hydrogen (secondary N) is 12. The minimum atomic E-state index is -1.96. The Morgan fingerprint density at radius 2 is 0.858 bits per heavy atom. The number of aliphatic hydroxyl groups is 3. The van der Waals surface area contributed by atoms with Crippen molar-refractivity contribution in [3.63, 3.8) is 0 Å². The van der Waals surface area contributed by atoms with Crippen molar-refractivity contribution in [2.75, 3.05) is 19.7 Å². The van der Waals surface area contributed by atoms with E-state index in [1.807, 2.05) is 0 Å². The van der Waals surface area contributed by atoms with Gasteiger partial charge in [-0.3, -0.25) is 57.5 Å². The Morgan fingerprint density at radius 1 is 0.453 bits per heavy atom. The van der Waals surface area contributed by atoms with Gasteiger partial charge in [0.05, 0.1) is 25.2 Å². The van der Waals surface area contributed by atoms with E-state index in [4.69, 9.17) is 17.2 Å². The Labute approximate surface area is 612 Å². The second kappa shape index (κ2) is 42.8. The minimum absolute atomic E-state index is 0.00519. The Bertz CT molecular complexity index is 3790. The number of carboxylic acids is 1. The number of aromatic amines is 1. The number of aliphatic hydroxyl groups excluding tert-OH is 3. The number of aromatic hydroxyl groups is 1. The highest BCUT2D eigenvalue weighted by Gasteiger charge is 2.39. The summed E-state index contributed by atoms with van der Waals surface area (Å²) in [5.41, 5.74) is 19.8. The number of phenols is 1. The van der Waals surface area contributed by atoms with Crippen LogP contribution in [0.1, 0.15) is 113 Å². The largest absolute Gasteiger partial charge is 0.508 e. The van der Waals surface area contributed by atoms with E-state index in [2.05, 4.69) is 63.5 Å². The first-order chi connectivity index (χ1) is 50.7. The number of aliphatic carboxylic acids is 1. The summed E-state index contributed by atoms with van der Waals surface area (Å²) in [6, 6.07) is 10.7. The summed E-state index contributed by atoms with van der Waals surface area (Å²) in [6.45, 7) is 1.45. The highest BCUT2D eigenvalue weighted by molar-refractivity contribution is 6.00. The van der Waals surface area contributed by atoms with E-state index in [1.165, 1.54) is 24.3 Å². The molecule has 33 nitrogen and oxygen atoms in total. The molecule has 0 radical (unpaired) electrons. The first kappa shape index (κ1) is 84.1. The lowest BCUT2D eigenvalue weighted by atomic mass is 10.00. The number of carbonyl (C=O) groups excluding carboxylic acids is 12. The number of H-pyrrole nitrogens is 1. The molecule has 5 aromatic rings. The zero-order valence-electron chi connectivity index (χ0n) is 59.2. The van der Waals surface area contributed by atoms with Crippen LogP contribution in [0.3, 0.4) is 0 Å². The van der Waals surface area contributed by atoms with Crippen LogP contribution in [0.5, 0.6) is 5.75 Å². The van der Waals surface area contributed by atoms with Gasteiger partial charge in [-0.1, -0.05) is 104 Å². The number of phenolic OH excluding ortho intramolecular Hbond substituents is 1. The molecule has 574 valence electrons. The molecule has 6 rings (SSSR count). The van der Waals surface area contributed by atoms with Crippen LogP contribution < -0.4 is 75.7 Å². The molecule has 2 heterocycles. The van der Waals surface area contributed by atoms with Gasteiger partial charge in [-0.25, -0.2) is 4.79 Å². The molecule has 23 N–H and O–H groups in total. The van der Waals surface area contributed by atoms with E-state index >= 15 is 14.4 Å². The lowest BCUT2D eigenvalue weighted by molar-refractivity contribution is -0.143. The first-order valence-corrected chi connectivity index (χ1v) is 35.3. The van der Waals surface area contributed by atoms with E-state index < -0.39 is 175 Å². The van der Waals surface area contributed by atoms with Gasteiger partial charge in [0.2, 0.25) is 70.9 Å². The predicted molar refractivity (Wildman–Crippen MR) is 386 cm³/mol. The van der Waals surface area contributed by atoms with E-state index in [9.17, 15) is 73.5 Å². The predicted octanol–water partition coefficient (Wildman–Crippen LogP) is -2.59. The quantitative estimate of drug-likeness (QED) is 0.0316. The Hall–Kier alpha value is -10.9. The first-order valence-electron chi connectivity index (χ1n) is 35.3. The summed E-state index contributed by atoms with van der Waals surface area (Å²) < 4.78 is 0. The Morgan fingerprint density at radius 3 is 1.35 bits per heavy atom. The number of nitrogens with two attached hydrogens (primary N) is 3. The molecule has 0 spiro atoms. The van der Waals surface area contributed by atoms with Crippen molar-refractivity contribution in [3.05, 3.63) is 138 Å². The van der Waals surface area contributed by atoms with Crippen LogP contribution in [0, 0.1) is 0 Å². The van der Waals surface area contributed by atoms with Gasteiger partial charge in [-0.15, -0.1) is 0 Å². The summed E-state index contributed by atoms with van der Waals surface area (Å²) in [6.07, 6.45) is -2.84. The van der Waals surface area contributed by atoms with Gasteiger partial charge in [0.15, 0.2) is 0 Å². The normalized spacial score (nSPS) is 23.9. The Balaban J connectivity index is 1.43. The maximum absolute atomic E-state index is 15.3. The summed E-state index contributed by atoms with van der Waals surface area (Å²) in [4.78, 5) is 188. The number of amides is 12. The number of para-hydroxylation sites is 1. The minimum Gasteiger partial charge on any atom is -0.508 e. The van der Waals surface area contributed by atoms with Crippen molar-refractivity contribution in [1.29, 1.82) is 0 Å². The van der Waals surface area contributed by atoms with E-state index in [-0.39, 0.29) is 89.5 Å². The molecule has 33 heteroatoms. The fourth-order valence-corrected chi connectivity index (χ4v) is 11.9. The Kier molecular flexibility index (Phi) is 33.9. The molecule has 0 saturated carbocycles. The van der Waals surface area contributed by atoms with Gasteiger partial charge in [0.25, 0.3) is 0 Å². The number of hydrogen-bond acceptors (Lipinski definition) is 19. The summed E-state index contributed by atoms with van der Waals surface area (Å²) >= 11 is 0. The molecule has 4 aromatic carbocycles. The van der Waals surface area contributed by atoms with Gasteiger partial charge >= 0.3 is 5.97 Å². The zero-order chi connectivity index (χ0) is 77.4. The van der Waals surface area contributed by atoms with E-state index in [0.717, 1.165) is 13.8 Å². The number of carboxylic acid groups (broad SMARTS) is 1. The molecule has 1 aliphatic heterocycles. The van der Waals surface area contributed by atoms with Crippen LogP contribution >= 0.6 is 0 Å². The van der Waals surface area contributed by atoms with Crippen LogP contribution in [0.15, 0.2) is 115 Å². The van der Waals surface area contributed by atoms with Crippen LogP contribution in [0.2, 0.25) is 0 Å². The second-order valence-corrected chi connectivity index (χ2v) is 26.2. The van der Waals surface area contributed by atoms with Crippen molar-refractivity contribution in [3.8, 4) is 5.75 Å². The number of carbonyl (C=O) groups is 13. The van der Waals surface area contributed by atoms with Gasteiger partial charge in [-0.2, -0.15) is 0 Å². The second-order valence-electron chi connectivity index (χ2n) is 26.2. The number of benzene rings is 4. The third-order valence-electron chi connectivity index (χ3n) is 17.7. The molecule has 1 aliphatic rings. The molecular weight excluding hydrogens is 1370 g/mol. The van der Waals surface area contributed by atoms with Crippen molar-refractivity contribution in [2.24, 2.45) is 17.2 Å². The van der Waals surface area contributed by atoms with Gasteiger partial charge < -0.3 is 106 Å². The average Bonchev–Trinajstić information content (AvgIpc) is 1.30. The maximum atomic E-state index is 15.3. The van der Waals surface area contributed by atoms with E-state index in [1.54, 1.807) is 91.1 Å². The monoisotopic (exact) mass is 1470 g/mol. The van der Waals surface area contributed by atoms with Crippen LogP contribution in [-0.4, -0.2) is 206 Å². The zero-order valence-corrected chi connectivity index (χ0v) is 59.2. The molecule has 12 amide bonds. The molecule has 13 atom stereocenters. The van der Waals surface area contributed by atoms with Crippen molar-refractivity contribution in [1.82, 2.24) is 63.5 Å². The fourth-order valence-electron chi connectivity index (χ4n) is 11.9. The third kappa shape index (κ3) is 27.0. The van der Waals surface area contributed by atoms with Crippen molar-refractivity contribution < 1.29 is 87.9 Å². The summed E-state index contributed by atoms with van der Waals surface area (Å²) in [7, 11) is 0. The maximum Gasteiger partial charge on any atom is 0.326 e. The molecule has 3 unspecified atom stereocenters. The standard InChI is InChI=1S/C73H99N15O18/c1-41(90)61-71(103)85-55(36-45-28-30-47(92)31-29-45)69(101)88-62(42(2)91)72(104)86-58(40-89)70(102)80-52(73(105)106)26-10-5-11-27-60(94)78-50(24-14-16-32-74)63(95)84-57(38-59(76)93)68(100)82-53(34-43-18-6-3-7-19-43)65(97)81-54(35-44-20-8-4-9-21-44)66(98)83-56(37-46-39-77-49-23-13-12-22-48(46)49)67(99)79-51(64(96)87-61)25-15-17-33-75/h3-4,6-9,12-13,18-23,28-31,39,41-42,50-58,61-62,77,89-92H,5,10-11,14-17,24-27,32-38,40,74-75H2,1-2H3,(H2,76,93)(H,78,94)(H,79,99)(H,80,102)(H,81,97)(H,82,100)(H,83,98)(H,84,95)(H,85,103)(H,86,104)(H,87,96)(H,88,101)(H,105,106)/t41-,42-,50+,51+,52+,53+,54+,55+,56+,57?,58+,61?,62?/m1/s1. The third-order valence-corrected chi connectivity index (χ3v) is 17.7. The van der Waals surface area contributed by atoms with Gasteiger partial charge in [0, 0.05) is 49.2 Å². The number of aromatic nitrogens is 1. The SMILES string of the molecule is C[C@@H](O)C1NC(=O)[C@H](Cc2ccc(O)cc2)NC(=O)C([C@@H](C)O)NC(=O)[C@H](CCCCN)NC(=O)[C@H](Cc2c[nH]c3ccccc23)NC(=O)[C@H](Cc2ccccc2)NC(=O)[C@H](Cc2ccccc2)NC(=O)C(CC(N)=O)NC(=O)[C@H](CCCCN)NC(=O)CCCCC[C@@H](C(=O)O)NC(=O)[C@H](CO)NC1=O. The summed E-state index contributed by atoms with van der Waals surface area (Å²) in [5.74, 6) is -14.1. The summed E-state index contributed by atoms with van der Waals surface area (Å²) in [5, 5.41) is 81.2. The smallest absolute Gasteiger partial charge is 0.326 e. The molecule has 0 aliphatic carbocycles. The fraction of sp³-hybridized carbons (Fsp3) is 0.466. The average molecular weight is 1470 g/mol. The molecule has 0 bridgehead atoms. The van der Waals surface area contributed by atoms with Crippen LogP contribution in [0.4, 0.5) is 0 Å². The number of rotatable bonds is 22. The number of primary amides is 1. The van der Waals surface area contributed by atoms with Gasteiger partial charge in [-0.05, 0) is 119 Å². The highest BCUT2D eigenvalue weighted by Crippen LogP contribution is 2.21. The van der Waals surface area contributed by atoms with Gasteiger partial charge in [0.1, 0.15) is 72.2 Å². The topological polar surface area (TPSA) is 549 Å². The molecule has 1 saturated heterocycles. The number of hydrogen-bond donors (Lipinski definition) is 20. The molecule has 106 heavy (non-hydrogen) atoms. The molecule has 1 fully saturated rings. The number of unbranched alkanes of at least 4 members (excludes halogenated alkanes) is 2. The highest BCUT2D eigenvalue weighted by atomic mass is 16.4. The number of fused-ring (bicyclic) bond motifs is 1. The van der Waals surface area contributed by atoms with Crippen LogP contribution in [-0.2, 0) is 88.0 Å². The van der Waals surface area contributed by atoms with Crippen molar-refractivity contribution in [2.45, 2.75) is 195 Å². The van der Waals surface area contributed by atoms with E-state index in [0.29, 0.717) is 52.4 Å². The lowest BCUT2D eigenvalue weighted by Gasteiger charge is -2.29. The molecule has 1 aromatic heterocycles. The van der Waals surface area contributed by atoms with Crippen LogP contribution in [0.25, 0.3) is 10.9 Å². The lowest BCUT2D eigenvalue weighted by Crippen LogP contribution is -2.63.